The molecule has 21 heavy (non-hydrogen) atoms. The number of fused-ring (bicyclic) bond motifs is 1. The summed E-state index contributed by atoms with van der Waals surface area (Å²) in [5.74, 6) is 1.02. The maximum Gasteiger partial charge on any atom is 0.0164 e. The summed E-state index contributed by atoms with van der Waals surface area (Å²) in [6, 6.07) is 30.8. The first-order valence-electron chi connectivity index (χ1n) is 7.61. The maximum absolute atomic E-state index is 2.30. The van der Waals surface area contributed by atoms with Crippen molar-refractivity contribution in [1.82, 2.24) is 0 Å². The van der Waals surface area contributed by atoms with E-state index in [1.807, 2.05) is 0 Å². The molecule has 0 saturated carbocycles. The third-order valence-corrected chi connectivity index (χ3v) is 4.62. The Hall–Kier alpha value is -2.34. The zero-order valence-electron chi connectivity index (χ0n) is 11.9. The first-order chi connectivity index (χ1) is 10.4. The van der Waals surface area contributed by atoms with Gasteiger partial charge in [0.1, 0.15) is 0 Å². The second-order valence-corrected chi connectivity index (χ2v) is 5.81. The fraction of sp³-hybridized carbons (Fsp3) is 0.143. The third-order valence-electron chi connectivity index (χ3n) is 4.62. The molecule has 2 atom stereocenters. The lowest BCUT2D eigenvalue weighted by atomic mass is 9.82. The molecule has 3 aromatic rings. The topological polar surface area (TPSA) is 0 Å². The van der Waals surface area contributed by atoms with Crippen LogP contribution in [0.4, 0.5) is 0 Å². The highest BCUT2D eigenvalue weighted by molar-refractivity contribution is 5.47. The largest absolute Gasteiger partial charge is 0.0622 e. The van der Waals surface area contributed by atoms with E-state index in [0.717, 1.165) is 6.42 Å². The van der Waals surface area contributed by atoms with E-state index in [-0.39, 0.29) is 0 Å². The van der Waals surface area contributed by atoms with Crippen LogP contribution in [-0.4, -0.2) is 0 Å². The summed E-state index contributed by atoms with van der Waals surface area (Å²) < 4.78 is 0. The average Bonchev–Trinajstić information content (AvgIpc) is 2.96. The monoisotopic (exact) mass is 270 g/mol. The molecule has 0 fully saturated rings. The molecular formula is C21H18. The SMILES string of the molecule is c1ccc([C@H]2c3ccccc3C[C@@H]2c2ccccc2)cc1. The molecule has 0 nitrogen and oxygen atoms in total. The van der Waals surface area contributed by atoms with Gasteiger partial charge in [-0.3, -0.25) is 0 Å². The van der Waals surface area contributed by atoms with Gasteiger partial charge in [0.25, 0.3) is 0 Å². The molecule has 0 amide bonds. The zero-order valence-corrected chi connectivity index (χ0v) is 11.9. The Bertz CT molecular complexity index is 728. The molecule has 102 valence electrons. The van der Waals surface area contributed by atoms with Gasteiger partial charge in [-0.05, 0) is 34.6 Å². The predicted molar refractivity (Wildman–Crippen MR) is 87.6 cm³/mol. The molecule has 0 aliphatic heterocycles. The minimum Gasteiger partial charge on any atom is -0.0622 e. The van der Waals surface area contributed by atoms with Gasteiger partial charge < -0.3 is 0 Å². The summed E-state index contributed by atoms with van der Waals surface area (Å²) in [4.78, 5) is 0. The fourth-order valence-electron chi connectivity index (χ4n) is 3.68. The molecule has 0 aromatic heterocycles. The first kappa shape index (κ1) is 12.4. The maximum atomic E-state index is 2.30. The minimum absolute atomic E-state index is 0.477. The van der Waals surface area contributed by atoms with Gasteiger partial charge in [-0.15, -0.1) is 0 Å². The molecule has 0 saturated heterocycles. The molecule has 0 radical (unpaired) electrons. The summed E-state index contributed by atoms with van der Waals surface area (Å²) in [5, 5.41) is 0. The lowest BCUT2D eigenvalue weighted by Gasteiger charge is -2.21. The van der Waals surface area contributed by atoms with Crippen LogP contribution in [0.2, 0.25) is 0 Å². The van der Waals surface area contributed by atoms with Crippen LogP contribution in [0.15, 0.2) is 84.9 Å². The zero-order chi connectivity index (χ0) is 14.1. The second kappa shape index (κ2) is 5.21. The van der Waals surface area contributed by atoms with Crippen molar-refractivity contribution >= 4 is 0 Å². The van der Waals surface area contributed by atoms with Crippen LogP contribution in [-0.2, 0) is 6.42 Å². The summed E-state index contributed by atoms with van der Waals surface area (Å²) in [6.45, 7) is 0. The van der Waals surface area contributed by atoms with Gasteiger partial charge in [0, 0.05) is 5.92 Å². The van der Waals surface area contributed by atoms with Crippen molar-refractivity contribution in [3.63, 3.8) is 0 Å². The van der Waals surface area contributed by atoms with Gasteiger partial charge in [-0.25, -0.2) is 0 Å². The number of rotatable bonds is 2. The molecule has 0 heterocycles. The fourth-order valence-corrected chi connectivity index (χ4v) is 3.68. The average molecular weight is 270 g/mol. The van der Waals surface area contributed by atoms with E-state index in [9.17, 15) is 0 Å². The Kier molecular flexibility index (Phi) is 3.08. The van der Waals surface area contributed by atoms with Crippen molar-refractivity contribution in [3.05, 3.63) is 107 Å². The quantitative estimate of drug-likeness (QED) is 0.603. The van der Waals surface area contributed by atoms with Crippen LogP contribution in [0, 0.1) is 0 Å². The standard InChI is InChI=1S/C21H18/c1-3-9-16(10-4-1)20-15-18-13-7-8-14-19(18)21(20)17-11-5-2-6-12-17/h1-14,20-21H,15H2/t20-,21+/m1/s1. The third kappa shape index (κ3) is 2.17. The molecule has 4 rings (SSSR count). The minimum atomic E-state index is 0.477. The van der Waals surface area contributed by atoms with Crippen LogP contribution >= 0.6 is 0 Å². The van der Waals surface area contributed by atoms with Gasteiger partial charge in [-0.2, -0.15) is 0 Å². The van der Waals surface area contributed by atoms with Crippen molar-refractivity contribution < 1.29 is 0 Å². The Morgan fingerprint density at radius 1 is 0.571 bits per heavy atom. The highest BCUT2D eigenvalue weighted by Crippen LogP contribution is 2.47. The summed E-state index contributed by atoms with van der Waals surface area (Å²) in [6.07, 6.45) is 1.14. The highest BCUT2D eigenvalue weighted by atomic mass is 14.4. The Balaban J connectivity index is 1.85. The van der Waals surface area contributed by atoms with Crippen molar-refractivity contribution in [3.8, 4) is 0 Å². The predicted octanol–water partition coefficient (Wildman–Crippen LogP) is 5.16. The smallest absolute Gasteiger partial charge is 0.0164 e. The molecule has 0 bridgehead atoms. The highest BCUT2D eigenvalue weighted by Gasteiger charge is 2.33. The van der Waals surface area contributed by atoms with Crippen LogP contribution in [0.25, 0.3) is 0 Å². The van der Waals surface area contributed by atoms with Crippen LogP contribution < -0.4 is 0 Å². The molecule has 0 spiro atoms. The molecule has 0 unspecified atom stereocenters. The van der Waals surface area contributed by atoms with E-state index in [1.165, 1.54) is 22.3 Å². The lowest BCUT2D eigenvalue weighted by Crippen LogP contribution is -2.07. The normalized spacial score (nSPS) is 20.2. The number of hydrogen-bond acceptors (Lipinski definition) is 0. The van der Waals surface area contributed by atoms with Crippen molar-refractivity contribution in [2.45, 2.75) is 18.3 Å². The van der Waals surface area contributed by atoms with Gasteiger partial charge in [0.15, 0.2) is 0 Å². The Morgan fingerprint density at radius 3 is 1.86 bits per heavy atom. The van der Waals surface area contributed by atoms with E-state index < -0.39 is 0 Å². The van der Waals surface area contributed by atoms with Gasteiger partial charge in [0.05, 0.1) is 0 Å². The molecule has 0 heteroatoms. The lowest BCUT2D eigenvalue weighted by molar-refractivity contribution is 0.657. The van der Waals surface area contributed by atoms with Crippen LogP contribution in [0.5, 0.6) is 0 Å². The van der Waals surface area contributed by atoms with Crippen molar-refractivity contribution in [2.24, 2.45) is 0 Å². The van der Waals surface area contributed by atoms with Gasteiger partial charge in [0.2, 0.25) is 0 Å². The molecule has 1 aliphatic carbocycles. The van der Waals surface area contributed by atoms with E-state index in [4.69, 9.17) is 0 Å². The Morgan fingerprint density at radius 2 is 1.14 bits per heavy atom. The van der Waals surface area contributed by atoms with Crippen molar-refractivity contribution in [1.29, 1.82) is 0 Å². The molecule has 1 aliphatic rings. The van der Waals surface area contributed by atoms with Crippen molar-refractivity contribution in [2.75, 3.05) is 0 Å². The van der Waals surface area contributed by atoms with E-state index >= 15 is 0 Å². The summed E-state index contributed by atoms with van der Waals surface area (Å²) >= 11 is 0. The van der Waals surface area contributed by atoms with Gasteiger partial charge >= 0.3 is 0 Å². The Labute approximate surface area is 126 Å². The van der Waals surface area contributed by atoms with Gasteiger partial charge in [-0.1, -0.05) is 84.9 Å². The first-order valence-corrected chi connectivity index (χ1v) is 7.61. The number of hydrogen-bond donors (Lipinski definition) is 0. The van der Waals surface area contributed by atoms with Crippen LogP contribution in [0.3, 0.4) is 0 Å². The summed E-state index contributed by atoms with van der Waals surface area (Å²) in [5.41, 5.74) is 5.87. The van der Waals surface area contributed by atoms with E-state index in [0.29, 0.717) is 11.8 Å². The molecular weight excluding hydrogens is 252 g/mol. The van der Waals surface area contributed by atoms with E-state index in [1.54, 1.807) is 0 Å². The van der Waals surface area contributed by atoms with Crippen LogP contribution in [0.1, 0.15) is 34.1 Å². The van der Waals surface area contributed by atoms with E-state index in [2.05, 4.69) is 84.9 Å². The molecule has 0 N–H and O–H groups in total. The second-order valence-electron chi connectivity index (χ2n) is 5.81. The summed E-state index contributed by atoms with van der Waals surface area (Å²) in [7, 11) is 0. The number of benzene rings is 3. The molecule has 3 aromatic carbocycles.